The standard InChI is InChI=1S/C24H25N3O3S/c1-4-18(23(28)25-14-13-16-9-5-7-11-19(16)30-3)27-24(29)21-17-10-6-8-12-20(17)31-22(21)15(2)26-27/h5-12,18H,4,13-14H2,1-3H3,(H,25,28)/t18-/m1/s1. The molecule has 1 N–H and O–H groups in total. The monoisotopic (exact) mass is 435 g/mol. The molecule has 160 valence electrons. The minimum Gasteiger partial charge on any atom is -0.496 e. The van der Waals surface area contributed by atoms with Gasteiger partial charge in [-0.1, -0.05) is 43.3 Å². The molecule has 7 heteroatoms. The smallest absolute Gasteiger partial charge is 0.276 e. The van der Waals surface area contributed by atoms with Crippen LogP contribution < -0.4 is 15.6 Å². The number of nitrogens with zero attached hydrogens (tertiary/aromatic N) is 2. The molecule has 0 unspecified atom stereocenters. The lowest BCUT2D eigenvalue weighted by Gasteiger charge is -2.18. The zero-order valence-corrected chi connectivity index (χ0v) is 18.7. The third-order valence-corrected chi connectivity index (χ3v) is 6.75. The fraction of sp³-hybridized carbons (Fsp3) is 0.292. The molecule has 0 saturated carbocycles. The number of hydrogen-bond donors (Lipinski definition) is 1. The number of aromatic nitrogens is 2. The van der Waals surface area contributed by atoms with Crippen molar-refractivity contribution in [2.24, 2.45) is 0 Å². The highest BCUT2D eigenvalue weighted by atomic mass is 32.1. The molecule has 4 aromatic rings. The first-order chi connectivity index (χ1) is 15.0. The number of hydrogen-bond acceptors (Lipinski definition) is 5. The van der Waals surface area contributed by atoms with E-state index in [0.717, 1.165) is 31.8 Å². The summed E-state index contributed by atoms with van der Waals surface area (Å²) in [7, 11) is 1.63. The number of para-hydroxylation sites is 1. The number of rotatable bonds is 7. The summed E-state index contributed by atoms with van der Waals surface area (Å²) >= 11 is 1.57. The average molecular weight is 436 g/mol. The summed E-state index contributed by atoms with van der Waals surface area (Å²) in [5.41, 5.74) is 1.57. The van der Waals surface area contributed by atoms with E-state index < -0.39 is 6.04 Å². The molecule has 2 aromatic heterocycles. The van der Waals surface area contributed by atoms with Crippen molar-refractivity contribution in [1.29, 1.82) is 0 Å². The number of ether oxygens (including phenoxy) is 1. The third kappa shape index (κ3) is 3.93. The molecule has 0 aliphatic carbocycles. The second-order valence-corrected chi connectivity index (χ2v) is 8.47. The highest BCUT2D eigenvalue weighted by Gasteiger charge is 2.24. The van der Waals surface area contributed by atoms with Gasteiger partial charge in [-0.15, -0.1) is 11.3 Å². The van der Waals surface area contributed by atoms with Gasteiger partial charge in [0, 0.05) is 16.6 Å². The van der Waals surface area contributed by atoms with Crippen LogP contribution in [0.25, 0.3) is 20.2 Å². The predicted molar refractivity (Wildman–Crippen MR) is 125 cm³/mol. The highest BCUT2D eigenvalue weighted by Crippen LogP contribution is 2.33. The van der Waals surface area contributed by atoms with Crippen LogP contribution in [0.15, 0.2) is 53.3 Å². The minimum atomic E-state index is -0.660. The molecule has 0 fully saturated rings. The fourth-order valence-electron chi connectivity index (χ4n) is 3.91. The molecule has 31 heavy (non-hydrogen) atoms. The van der Waals surface area contributed by atoms with Crippen LogP contribution >= 0.6 is 11.3 Å². The number of carbonyl (C=O) groups is 1. The Hall–Kier alpha value is -3.19. The number of aryl methyl sites for hydroxylation is 1. The molecule has 0 spiro atoms. The Labute approximate surface area is 184 Å². The van der Waals surface area contributed by atoms with Crippen molar-refractivity contribution in [3.8, 4) is 5.75 Å². The van der Waals surface area contributed by atoms with Crippen LogP contribution in [0.3, 0.4) is 0 Å². The Morgan fingerprint density at radius 2 is 1.94 bits per heavy atom. The van der Waals surface area contributed by atoms with E-state index >= 15 is 0 Å². The molecule has 0 aliphatic heterocycles. The van der Waals surface area contributed by atoms with Crippen LogP contribution in [0, 0.1) is 6.92 Å². The van der Waals surface area contributed by atoms with Crippen LogP contribution in [0.1, 0.15) is 30.6 Å². The molecule has 1 atom stereocenters. The first-order valence-electron chi connectivity index (χ1n) is 10.4. The van der Waals surface area contributed by atoms with Crippen molar-refractivity contribution in [1.82, 2.24) is 15.1 Å². The molecular formula is C24H25N3O3S. The Balaban J connectivity index is 1.61. The molecule has 0 aliphatic rings. The summed E-state index contributed by atoms with van der Waals surface area (Å²) in [5.74, 6) is 0.595. The summed E-state index contributed by atoms with van der Waals surface area (Å²) in [6, 6.07) is 14.9. The highest BCUT2D eigenvalue weighted by molar-refractivity contribution is 7.26. The molecule has 2 heterocycles. The second-order valence-electron chi connectivity index (χ2n) is 7.41. The van der Waals surface area contributed by atoms with Crippen LogP contribution in [-0.4, -0.2) is 29.3 Å². The molecule has 0 saturated heterocycles. The first kappa shape index (κ1) is 21.1. The summed E-state index contributed by atoms with van der Waals surface area (Å²) in [6.07, 6.45) is 1.11. The summed E-state index contributed by atoms with van der Waals surface area (Å²) in [4.78, 5) is 26.3. The van der Waals surface area contributed by atoms with E-state index in [0.29, 0.717) is 24.8 Å². The van der Waals surface area contributed by atoms with Gasteiger partial charge in [0.25, 0.3) is 5.56 Å². The quantitative estimate of drug-likeness (QED) is 0.471. The number of amides is 1. The third-order valence-electron chi connectivity index (χ3n) is 5.47. The van der Waals surface area contributed by atoms with Crippen molar-refractivity contribution in [2.45, 2.75) is 32.7 Å². The lowest BCUT2D eigenvalue weighted by molar-refractivity contribution is -0.124. The van der Waals surface area contributed by atoms with E-state index in [4.69, 9.17) is 4.74 Å². The normalized spacial score (nSPS) is 12.2. The van der Waals surface area contributed by atoms with Crippen LogP contribution in [-0.2, 0) is 11.2 Å². The zero-order valence-electron chi connectivity index (χ0n) is 17.8. The van der Waals surface area contributed by atoms with Gasteiger partial charge in [-0.2, -0.15) is 5.10 Å². The SMILES string of the molecule is CC[C@H](C(=O)NCCc1ccccc1OC)n1nc(C)c2sc3ccccc3c2c1=O. The van der Waals surface area contributed by atoms with E-state index in [1.54, 1.807) is 18.4 Å². The zero-order chi connectivity index (χ0) is 22.0. The van der Waals surface area contributed by atoms with E-state index in [1.807, 2.05) is 62.4 Å². The molecule has 1 amide bonds. The van der Waals surface area contributed by atoms with Gasteiger partial charge in [0.2, 0.25) is 5.91 Å². The Bertz CT molecular complexity index is 1310. The molecular weight excluding hydrogens is 410 g/mol. The number of benzene rings is 2. The van der Waals surface area contributed by atoms with Gasteiger partial charge < -0.3 is 10.1 Å². The van der Waals surface area contributed by atoms with Crippen molar-refractivity contribution in [3.05, 3.63) is 70.1 Å². The van der Waals surface area contributed by atoms with E-state index in [2.05, 4.69) is 10.4 Å². The largest absolute Gasteiger partial charge is 0.496 e. The molecule has 6 nitrogen and oxygen atoms in total. The first-order valence-corrected chi connectivity index (χ1v) is 11.2. The van der Waals surface area contributed by atoms with Crippen molar-refractivity contribution in [3.63, 3.8) is 0 Å². The Kier molecular flexibility index (Phi) is 6.04. The maximum atomic E-state index is 13.3. The average Bonchev–Trinajstić information content (AvgIpc) is 3.18. The van der Waals surface area contributed by atoms with Gasteiger partial charge in [-0.3, -0.25) is 9.59 Å². The molecule has 0 bridgehead atoms. The summed E-state index contributed by atoms with van der Waals surface area (Å²) in [5, 5.41) is 9.04. The number of nitrogens with one attached hydrogen (secondary N) is 1. The van der Waals surface area contributed by atoms with E-state index in [9.17, 15) is 9.59 Å². The fourth-order valence-corrected chi connectivity index (χ4v) is 5.04. The molecule has 2 aromatic carbocycles. The van der Waals surface area contributed by atoms with Crippen LogP contribution in [0.2, 0.25) is 0 Å². The van der Waals surface area contributed by atoms with Crippen molar-refractivity contribution < 1.29 is 9.53 Å². The molecule has 4 rings (SSSR count). The predicted octanol–water partition coefficient (Wildman–Crippen LogP) is 4.24. The number of methoxy groups -OCH3 is 1. The lowest BCUT2D eigenvalue weighted by atomic mass is 10.1. The van der Waals surface area contributed by atoms with Crippen molar-refractivity contribution in [2.75, 3.05) is 13.7 Å². The maximum absolute atomic E-state index is 13.3. The number of fused-ring (bicyclic) bond motifs is 3. The van der Waals surface area contributed by atoms with Gasteiger partial charge in [0.05, 0.1) is 22.9 Å². The Morgan fingerprint density at radius 3 is 2.71 bits per heavy atom. The van der Waals surface area contributed by atoms with Crippen LogP contribution in [0.5, 0.6) is 5.75 Å². The van der Waals surface area contributed by atoms with Crippen LogP contribution in [0.4, 0.5) is 0 Å². The second kappa shape index (κ2) is 8.89. The topological polar surface area (TPSA) is 73.2 Å². The van der Waals surface area contributed by atoms with Gasteiger partial charge in [0.1, 0.15) is 11.8 Å². The Morgan fingerprint density at radius 1 is 1.19 bits per heavy atom. The van der Waals surface area contributed by atoms with Gasteiger partial charge in [-0.05, 0) is 37.5 Å². The minimum absolute atomic E-state index is 0.203. The van der Waals surface area contributed by atoms with E-state index in [1.165, 1.54) is 4.68 Å². The van der Waals surface area contributed by atoms with Gasteiger partial charge in [-0.25, -0.2) is 4.68 Å². The summed E-state index contributed by atoms with van der Waals surface area (Å²) in [6.45, 7) is 4.23. The number of carbonyl (C=O) groups excluding carboxylic acids is 1. The van der Waals surface area contributed by atoms with Gasteiger partial charge in [0.15, 0.2) is 0 Å². The maximum Gasteiger partial charge on any atom is 0.276 e. The number of thiophene rings is 1. The van der Waals surface area contributed by atoms with Gasteiger partial charge >= 0.3 is 0 Å². The molecule has 0 radical (unpaired) electrons. The lowest BCUT2D eigenvalue weighted by Crippen LogP contribution is -2.39. The summed E-state index contributed by atoms with van der Waals surface area (Å²) < 4.78 is 8.66. The van der Waals surface area contributed by atoms with E-state index in [-0.39, 0.29) is 11.5 Å². The van der Waals surface area contributed by atoms with Crippen molar-refractivity contribution >= 4 is 37.4 Å².